The molecule has 2 fully saturated rings. The topological polar surface area (TPSA) is 92.5 Å². The van der Waals surface area contributed by atoms with E-state index in [1.54, 1.807) is 13.8 Å². The number of nitrogens with one attached hydrogen (secondary N) is 1. The van der Waals surface area contributed by atoms with Gasteiger partial charge in [0, 0.05) is 12.0 Å². The molecule has 4 unspecified atom stereocenters. The molecule has 3 amide bonds. The second-order valence-electron chi connectivity index (χ2n) is 7.06. The van der Waals surface area contributed by atoms with Gasteiger partial charge in [-0.3, -0.25) is 19.7 Å². The Kier molecular flexibility index (Phi) is 4.10. The van der Waals surface area contributed by atoms with Crippen LogP contribution in [0.15, 0.2) is 0 Å². The lowest BCUT2D eigenvalue weighted by Crippen LogP contribution is -2.67. The van der Waals surface area contributed by atoms with Crippen LogP contribution in [0, 0.1) is 17.8 Å². The molecule has 1 saturated heterocycles. The molecule has 0 bridgehead atoms. The zero-order valence-corrected chi connectivity index (χ0v) is 13.2. The highest BCUT2D eigenvalue weighted by Gasteiger charge is 2.47. The molecule has 0 radical (unpaired) electrons. The van der Waals surface area contributed by atoms with E-state index in [2.05, 4.69) is 12.2 Å². The fraction of sp³-hybridized carbons (Fsp3) is 0.800. The molecule has 1 saturated carbocycles. The largest absolute Gasteiger partial charge is 0.327 e. The Hall–Kier alpha value is -1.43. The monoisotopic (exact) mass is 295 g/mol. The number of imide groups is 1. The molecule has 0 aromatic rings. The third-order valence-corrected chi connectivity index (χ3v) is 5.06. The van der Waals surface area contributed by atoms with E-state index in [0.717, 1.165) is 6.42 Å². The second kappa shape index (κ2) is 5.40. The Balaban J connectivity index is 2.22. The van der Waals surface area contributed by atoms with E-state index in [-0.39, 0.29) is 30.3 Å². The number of nitrogens with two attached hydrogens (primary N) is 1. The molecule has 1 heterocycles. The lowest BCUT2D eigenvalue weighted by molar-refractivity contribution is -0.159. The molecule has 1 aliphatic carbocycles. The minimum Gasteiger partial charge on any atom is -0.327 e. The minimum absolute atomic E-state index is 0.00687. The summed E-state index contributed by atoms with van der Waals surface area (Å²) in [6, 6.07) is -0.00687. The number of carbonyl (C=O) groups excluding carboxylic acids is 3. The molecule has 6 heteroatoms. The van der Waals surface area contributed by atoms with E-state index in [1.807, 2.05) is 6.92 Å². The Morgan fingerprint density at radius 2 is 1.86 bits per heavy atom. The van der Waals surface area contributed by atoms with Gasteiger partial charge < -0.3 is 10.6 Å². The predicted octanol–water partition coefficient (Wildman–Crippen LogP) is 0.260. The zero-order valence-electron chi connectivity index (χ0n) is 13.2. The highest BCUT2D eigenvalue weighted by molar-refractivity contribution is 6.06. The maximum Gasteiger partial charge on any atom is 0.252 e. The van der Waals surface area contributed by atoms with Gasteiger partial charge in [0.05, 0.1) is 0 Å². The quantitative estimate of drug-likeness (QED) is 0.679. The molecule has 0 aromatic carbocycles. The summed E-state index contributed by atoms with van der Waals surface area (Å²) < 4.78 is 0. The summed E-state index contributed by atoms with van der Waals surface area (Å²) in [7, 11) is 0. The average molecular weight is 295 g/mol. The van der Waals surface area contributed by atoms with Gasteiger partial charge in [0.1, 0.15) is 12.1 Å². The van der Waals surface area contributed by atoms with Crippen molar-refractivity contribution in [2.75, 3.05) is 6.54 Å². The van der Waals surface area contributed by atoms with E-state index in [4.69, 9.17) is 5.73 Å². The number of amides is 3. The molecule has 1 aliphatic heterocycles. The van der Waals surface area contributed by atoms with Gasteiger partial charge in [-0.15, -0.1) is 0 Å². The maximum absolute atomic E-state index is 12.9. The number of hydrogen-bond donors (Lipinski definition) is 2. The van der Waals surface area contributed by atoms with Crippen LogP contribution in [-0.2, 0) is 14.4 Å². The average Bonchev–Trinajstić information content (AvgIpc) is 2.37. The van der Waals surface area contributed by atoms with E-state index >= 15 is 0 Å². The van der Waals surface area contributed by atoms with Crippen LogP contribution in [0.3, 0.4) is 0 Å². The van der Waals surface area contributed by atoms with E-state index in [1.165, 1.54) is 4.90 Å². The Labute approximate surface area is 125 Å². The second-order valence-corrected chi connectivity index (χ2v) is 7.06. The van der Waals surface area contributed by atoms with Crippen molar-refractivity contribution < 1.29 is 14.4 Å². The summed E-state index contributed by atoms with van der Waals surface area (Å²) in [6.45, 7) is 7.42. The number of hydrogen-bond acceptors (Lipinski definition) is 4. The fourth-order valence-electron chi connectivity index (χ4n) is 3.36. The van der Waals surface area contributed by atoms with Crippen LogP contribution in [0.5, 0.6) is 0 Å². The van der Waals surface area contributed by atoms with Gasteiger partial charge in [0.2, 0.25) is 11.8 Å². The molecule has 118 valence electrons. The summed E-state index contributed by atoms with van der Waals surface area (Å²) in [5, 5.41) is 2.29. The van der Waals surface area contributed by atoms with E-state index in [9.17, 15) is 14.4 Å². The summed E-state index contributed by atoms with van der Waals surface area (Å²) in [6.07, 6.45) is 1.51. The standard InChI is InChI=1S/C15H25N3O3/c1-8-5-9(2)11(16)6-10(8)13(20)18-7-12(19)17-14(21)15(18,3)4/h8-11H,5-7,16H2,1-4H3,(H,17,19,21). The molecule has 3 N–H and O–H groups in total. The van der Waals surface area contributed by atoms with Crippen molar-refractivity contribution in [2.45, 2.75) is 52.1 Å². The van der Waals surface area contributed by atoms with Crippen LogP contribution in [-0.4, -0.2) is 40.7 Å². The summed E-state index contributed by atoms with van der Waals surface area (Å²) in [5.41, 5.74) is 5.10. The van der Waals surface area contributed by atoms with Gasteiger partial charge in [-0.05, 0) is 38.5 Å². The first-order valence-electron chi connectivity index (χ1n) is 7.56. The number of nitrogens with zero attached hydrogens (tertiary/aromatic N) is 1. The van der Waals surface area contributed by atoms with Crippen LogP contribution in [0.1, 0.15) is 40.5 Å². The number of piperazine rings is 1. The molecule has 21 heavy (non-hydrogen) atoms. The number of carbonyl (C=O) groups is 3. The van der Waals surface area contributed by atoms with Gasteiger partial charge in [0.15, 0.2) is 0 Å². The van der Waals surface area contributed by atoms with Gasteiger partial charge in [-0.2, -0.15) is 0 Å². The Morgan fingerprint density at radius 1 is 1.24 bits per heavy atom. The van der Waals surface area contributed by atoms with Crippen molar-refractivity contribution in [2.24, 2.45) is 23.5 Å². The number of rotatable bonds is 1. The molecule has 2 aliphatic rings. The van der Waals surface area contributed by atoms with Crippen molar-refractivity contribution in [1.82, 2.24) is 10.2 Å². The lowest BCUT2D eigenvalue weighted by atomic mass is 9.72. The third-order valence-electron chi connectivity index (χ3n) is 5.06. The van der Waals surface area contributed by atoms with Crippen molar-refractivity contribution in [1.29, 1.82) is 0 Å². The van der Waals surface area contributed by atoms with Crippen LogP contribution < -0.4 is 11.1 Å². The first-order chi connectivity index (χ1) is 9.64. The zero-order chi connectivity index (χ0) is 15.9. The SMILES string of the molecule is CC1CC(C)C(C(=O)N2CC(=O)NC(=O)C2(C)C)CC1N. The van der Waals surface area contributed by atoms with Crippen LogP contribution in [0.25, 0.3) is 0 Å². The highest BCUT2D eigenvalue weighted by atomic mass is 16.2. The molecular weight excluding hydrogens is 270 g/mol. The molecular formula is C15H25N3O3. The normalized spacial score (nSPS) is 36.3. The van der Waals surface area contributed by atoms with Crippen LogP contribution in [0.2, 0.25) is 0 Å². The first-order valence-corrected chi connectivity index (χ1v) is 7.56. The molecule has 6 nitrogen and oxygen atoms in total. The van der Waals surface area contributed by atoms with Crippen molar-refractivity contribution >= 4 is 17.7 Å². The molecule has 0 spiro atoms. The van der Waals surface area contributed by atoms with Crippen molar-refractivity contribution in [3.05, 3.63) is 0 Å². The minimum atomic E-state index is -1.00. The van der Waals surface area contributed by atoms with Crippen LogP contribution in [0.4, 0.5) is 0 Å². The lowest BCUT2D eigenvalue weighted by Gasteiger charge is -2.44. The first kappa shape index (κ1) is 15.9. The molecule has 4 atom stereocenters. The fourth-order valence-corrected chi connectivity index (χ4v) is 3.36. The third kappa shape index (κ3) is 2.81. The predicted molar refractivity (Wildman–Crippen MR) is 78.0 cm³/mol. The summed E-state index contributed by atoms with van der Waals surface area (Å²) >= 11 is 0. The van der Waals surface area contributed by atoms with E-state index in [0.29, 0.717) is 12.3 Å². The Bertz CT molecular complexity index is 475. The molecule has 2 rings (SSSR count). The van der Waals surface area contributed by atoms with Gasteiger partial charge in [-0.1, -0.05) is 13.8 Å². The summed E-state index contributed by atoms with van der Waals surface area (Å²) in [4.78, 5) is 37.9. The van der Waals surface area contributed by atoms with Crippen molar-refractivity contribution in [3.63, 3.8) is 0 Å². The highest BCUT2D eigenvalue weighted by Crippen LogP contribution is 2.35. The van der Waals surface area contributed by atoms with Gasteiger partial charge in [-0.25, -0.2) is 0 Å². The van der Waals surface area contributed by atoms with Gasteiger partial charge >= 0.3 is 0 Å². The maximum atomic E-state index is 12.9. The summed E-state index contributed by atoms with van der Waals surface area (Å²) in [5.74, 6) is -0.583. The van der Waals surface area contributed by atoms with Gasteiger partial charge in [0.25, 0.3) is 5.91 Å². The Morgan fingerprint density at radius 3 is 2.48 bits per heavy atom. The smallest absolute Gasteiger partial charge is 0.252 e. The van der Waals surface area contributed by atoms with Crippen molar-refractivity contribution in [3.8, 4) is 0 Å². The van der Waals surface area contributed by atoms with Crippen LogP contribution >= 0.6 is 0 Å². The molecule has 0 aromatic heterocycles. The van der Waals surface area contributed by atoms with E-state index < -0.39 is 17.4 Å².